The highest BCUT2D eigenvalue weighted by Gasteiger charge is 2.44. The molecule has 1 unspecified atom stereocenters. The van der Waals surface area contributed by atoms with Gasteiger partial charge >= 0.3 is 5.97 Å². The Morgan fingerprint density at radius 1 is 1.50 bits per heavy atom. The van der Waals surface area contributed by atoms with Crippen molar-refractivity contribution in [3.63, 3.8) is 0 Å². The Labute approximate surface area is 108 Å². The van der Waals surface area contributed by atoms with E-state index in [1.807, 2.05) is 19.9 Å². The third-order valence-corrected chi connectivity index (χ3v) is 4.20. The molecule has 0 aromatic heterocycles. The monoisotopic (exact) mass is 247 g/mol. The van der Waals surface area contributed by atoms with Crippen LogP contribution in [-0.2, 0) is 4.79 Å². The van der Waals surface area contributed by atoms with Crippen LogP contribution in [0.2, 0.25) is 0 Å². The fourth-order valence-corrected chi connectivity index (χ4v) is 2.84. The van der Waals surface area contributed by atoms with Gasteiger partial charge in [-0.2, -0.15) is 0 Å². The number of carboxylic acids is 1. The third kappa shape index (κ3) is 1.78. The molecular formula is C15H21NO2. The summed E-state index contributed by atoms with van der Waals surface area (Å²) in [6, 6.07) is 6.22. The number of aryl methyl sites for hydroxylation is 1. The van der Waals surface area contributed by atoms with Crippen LogP contribution in [0.3, 0.4) is 0 Å². The fraction of sp³-hybridized carbons (Fsp3) is 0.533. The molecule has 1 N–H and O–H groups in total. The van der Waals surface area contributed by atoms with Crippen LogP contribution in [0.25, 0.3) is 0 Å². The van der Waals surface area contributed by atoms with Crippen LogP contribution < -0.4 is 4.90 Å². The summed E-state index contributed by atoms with van der Waals surface area (Å²) in [7, 11) is 0. The Bertz CT molecular complexity index is 479. The molecule has 18 heavy (non-hydrogen) atoms. The highest BCUT2D eigenvalue weighted by molar-refractivity contribution is 5.78. The summed E-state index contributed by atoms with van der Waals surface area (Å²) in [5.74, 6) is -0.661. The first kappa shape index (κ1) is 12.9. The van der Waals surface area contributed by atoms with Crippen LogP contribution in [0.15, 0.2) is 18.2 Å². The largest absolute Gasteiger partial charge is 0.481 e. The Hall–Kier alpha value is -1.51. The molecule has 0 radical (unpaired) electrons. The van der Waals surface area contributed by atoms with Crippen molar-refractivity contribution >= 4 is 11.7 Å². The minimum atomic E-state index is -0.731. The van der Waals surface area contributed by atoms with E-state index in [0.717, 1.165) is 13.1 Å². The highest BCUT2D eigenvalue weighted by atomic mass is 16.4. The zero-order valence-electron chi connectivity index (χ0n) is 11.5. The van der Waals surface area contributed by atoms with Crippen LogP contribution in [0, 0.1) is 12.3 Å². The lowest BCUT2D eigenvalue weighted by molar-refractivity contribution is -0.148. The molecule has 0 amide bonds. The summed E-state index contributed by atoms with van der Waals surface area (Å²) >= 11 is 0. The van der Waals surface area contributed by atoms with Crippen molar-refractivity contribution in [1.29, 1.82) is 0 Å². The van der Waals surface area contributed by atoms with Gasteiger partial charge in [-0.25, -0.2) is 0 Å². The van der Waals surface area contributed by atoms with Gasteiger partial charge in [0, 0.05) is 24.7 Å². The molecule has 1 aromatic rings. The standard InChI is InChI=1S/C15H21NO2/c1-5-16-9-11(15(3,4)14(17)18)13-10(2)7-6-8-12(13)16/h6-8,11H,5,9H2,1-4H3,(H,17,18). The van der Waals surface area contributed by atoms with Gasteiger partial charge in [0.1, 0.15) is 0 Å². The molecule has 3 nitrogen and oxygen atoms in total. The summed E-state index contributed by atoms with van der Waals surface area (Å²) in [5.41, 5.74) is 2.89. The smallest absolute Gasteiger partial charge is 0.309 e. The van der Waals surface area contributed by atoms with Gasteiger partial charge in [-0.3, -0.25) is 4.79 Å². The Morgan fingerprint density at radius 3 is 2.72 bits per heavy atom. The van der Waals surface area contributed by atoms with Gasteiger partial charge in [-0.15, -0.1) is 0 Å². The maximum Gasteiger partial charge on any atom is 0.309 e. The number of anilines is 1. The minimum absolute atomic E-state index is 0.0612. The van der Waals surface area contributed by atoms with Crippen molar-refractivity contribution in [1.82, 2.24) is 0 Å². The van der Waals surface area contributed by atoms with Gasteiger partial charge in [0.15, 0.2) is 0 Å². The number of fused-ring (bicyclic) bond motifs is 1. The first-order valence-electron chi connectivity index (χ1n) is 6.47. The van der Waals surface area contributed by atoms with Crippen LogP contribution >= 0.6 is 0 Å². The van der Waals surface area contributed by atoms with Gasteiger partial charge < -0.3 is 10.0 Å². The number of carbonyl (C=O) groups is 1. The lowest BCUT2D eigenvalue weighted by Crippen LogP contribution is -2.34. The number of aliphatic carboxylic acids is 1. The van der Waals surface area contributed by atoms with Crippen molar-refractivity contribution in [2.45, 2.75) is 33.6 Å². The zero-order valence-corrected chi connectivity index (χ0v) is 11.5. The van der Waals surface area contributed by atoms with Crippen molar-refractivity contribution in [2.24, 2.45) is 5.41 Å². The zero-order chi connectivity index (χ0) is 13.5. The molecule has 2 rings (SSSR count). The van der Waals surface area contributed by atoms with E-state index in [4.69, 9.17) is 0 Å². The maximum absolute atomic E-state index is 11.5. The predicted molar refractivity (Wildman–Crippen MR) is 73.2 cm³/mol. The first-order chi connectivity index (χ1) is 8.39. The molecule has 0 bridgehead atoms. The number of hydrogen-bond donors (Lipinski definition) is 1. The van der Waals surface area contributed by atoms with Gasteiger partial charge in [-0.05, 0) is 44.9 Å². The predicted octanol–water partition coefficient (Wildman–Crippen LogP) is 3.03. The number of likely N-dealkylation sites (N-methyl/N-ethyl adjacent to an activating group) is 1. The van der Waals surface area contributed by atoms with E-state index in [1.54, 1.807) is 0 Å². The van der Waals surface area contributed by atoms with E-state index >= 15 is 0 Å². The number of hydrogen-bond acceptors (Lipinski definition) is 2. The van der Waals surface area contributed by atoms with Crippen molar-refractivity contribution in [2.75, 3.05) is 18.0 Å². The van der Waals surface area contributed by atoms with Crippen molar-refractivity contribution < 1.29 is 9.90 Å². The van der Waals surface area contributed by atoms with E-state index in [2.05, 4.69) is 30.9 Å². The average molecular weight is 247 g/mol. The van der Waals surface area contributed by atoms with Crippen LogP contribution in [-0.4, -0.2) is 24.2 Å². The summed E-state index contributed by atoms with van der Waals surface area (Å²) < 4.78 is 0. The second-order valence-electron chi connectivity index (χ2n) is 5.63. The second-order valence-corrected chi connectivity index (χ2v) is 5.63. The van der Waals surface area contributed by atoms with E-state index in [0.29, 0.717) is 0 Å². The first-order valence-corrected chi connectivity index (χ1v) is 6.47. The molecule has 0 fully saturated rings. The van der Waals surface area contributed by atoms with Crippen molar-refractivity contribution in [3.05, 3.63) is 29.3 Å². The molecule has 0 aliphatic carbocycles. The van der Waals surface area contributed by atoms with E-state index in [-0.39, 0.29) is 5.92 Å². The van der Waals surface area contributed by atoms with E-state index in [1.165, 1.54) is 16.8 Å². The Morgan fingerprint density at radius 2 is 2.17 bits per heavy atom. The lowest BCUT2D eigenvalue weighted by atomic mass is 9.75. The summed E-state index contributed by atoms with van der Waals surface area (Å²) in [5, 5.41) is 9.46. The maximum atomic E-state index is 11.5. The minimum Gasteiger partial charge on any atom is -0.481 e. The molecular weight excluding hydrogens is 226 g/mol. The number of rotatable bonds is 3. The van der Waals surface area contributed by atoms with Gasteiger partial charge in [0.25, 0.3) is 0 Å². The molecule has 0 saturated carbocycles. The lowest BCUT2D eigenvalue weighted by Gasteiger charge is -2.28. The fourth-order valence-electron chi connectivity index (χ4n) is 2.84. The normalized spacial score (nSPS) is 18.9. The van der Waals surface area contributed by atoms with Crippen molar-refractivity contribution in [3.8, 4) is 0 Å². The molecule has 1 aliphatic heterocycles. The van der Waals surface area contributed by atoms with Crippen LogP contribution in [0.4, 0.5) is 5.69 Å². The summed E-state index contributed by atoms with van der Waals surface area (Å²) in [4.78, 5) is 13.8. The Balaban J connectivity index is 2.53. The summed E-state index contributed by atoms with van der Waals surface area (Å²) in [6.45, 7) is 9.56. The SMILES string of the molecule is CCN1CC(C(C)(C)C(=O)O)c2c(C)cccc21. The molecule has 0 spiro atoms. The molecule has 1 heterocycles. The molecule has 0 saturated heterocycles. The molecule has 98 valence electrons. The van der Waals surface area contributed by atoms with Crippen LogP contribution in [0.5, 0.6) is 0 Å². The molecule has 3 heteroatoms. The van der Waals surface area contributed by atoms with Gasteiger partial charge in [-0.1, -0.05) is 12.1 Å². The molecule has 1 aliphatic rings. The number of benzene rings is 1. The third-order valence-electron chi connectivity index (χ3n) is 4.20. The number of carboxylic acid groups (broad SMARTS) is 1. The van der Waals surface area contributed by atoms with Crippen LogP contribution in [0.1, 0.15) is 37.8 Å². The molecule has 1 atom stereocenters. The quantitative estimate of drug-likeness (QED) is 0.892. The number of nitrogens with zero attached hydrogens (tertiary/aromatic N) is 1. The van der Waals surface area contributed by atoms with E-state index < -0.39 is 11.4 Å². The van der Waals surface area contributed by atoms with Gasteiger partial charge in [0.05, 0.1) is 5.41 Å². The van der Waals surface area contributed by atoms with Gasteiger partial charge in [0.2, 0.25) is 0 Å². The molecule has 1 aromatic carbocycles. The van der Waals surface area contributed by atoms with E-state index in [9.17, 15) is 9.90 Å². The highest BCUT2D eigenvalue weighted by Crippen LogP contribution is 2.47. The summed E-state index contributed by atoms with van der Waals surface area (Å²) in [6.07, 6.45) is 0. The Kier molecular flexibility index (Phi) is 3.09. The second kappa shape index (κ2) is 4.30. The average Bonchev–Trinajstić information content (AvgIpc) is 2.69. The topological polar surface area (TPSA) is 40.5 Å².